The summed E-state index contributed by atoms with van der Waals surface area (Å²) in [4.78, 5) is 7.07. The highest BCUT2D eigenvalue weighted by atomic mass is 79.9. The van der Waals surface area contributed by atoms with E-state index in [0.717, 1.165) is 24.0 Å². The van der Waals surface area contributed by atoms with Gasteiger partial charge in [0.25, 0.3) is 0 Å². The molecule has 4 heteroatoms. The Labute approximate surface area is 98.3 Å². The molecule has 0 spiro atoms. The predicted molar refractivity (Wildman–Crippen MR) is 64.6 cm³/mol. The first-order chi connectivity index (χ1) is 7.29. The van der Waals surface area contributed by atoms with Crippen LogP contribution in [0.1, 0.15) is 6.42 Å². The van der Waals surface area contributed by atoms with Crippen LogP contribution in [0.4, 0.5) is 5.69 Å². The van der Waals surface area contributed by atoms with E-state index in [0.29, 0.717) is 12.5 Å². The summed E-state index contributed by atoms with van der Waals surface area (Å²) in [5, 5.41) is 0. The molecular formula is C11H15BrN2O. The molecule has 0 saturated carbocycles. The van der Waals surface area contributed by atoms with Crippen LogP contribution in [-0.2, 0) is 4.84 Å². The number of anilines is 1. The standard InChI is InChI=1S/C11H15BrN2O/c12-10-1-3-11(4-2-10)14-6-5-9(7-14)8-15-13/h1-4,9H,5-8,13H2. The van der Waals surface area contributed by atoms with Gasteiger partial charge >= 0.3 is 0 Å². The third kappa shape index (κ3) is 2.71. The van der Waals surface area contributed by atoms with Gasteiger partial charge in [0.1, 0.15) is 0 Å². The molecule has 0 bridgehead atoms. The molecule has 1 saturated heterocycles. The van der Waals surface area contributed by atoms with E-state index in [1.807, 2.05) is 0 Å². The predicted octanol–water partition coefficient (Wildman–Crippen LogP) is 2.17. The Balaban J connectivity index is 1.98. The second-order valence-electron chi connectivity index (χ2n) is 3.91. The summed E-state index contributed by atoms with van der Waals surface area (Å²) in [6.07, 6.45) is 1.16. The van der Waals surface area contributed by atoms with E-state index in [1.165, 1.54) is 5.69 Å². The molecule has 1 unspecified atom stereocenters. The fourth-order valence-corrected chi connectivity index (χ4v) is 2.26. The Morgan fingerprint density at radius 3 is 2.80 bits per heavy atom. The molecule has 82 valence electrons. The van der Waals surface area contributed by atoms with Crippen molar-refractivity contribution in [2.75, 3.05) is 24.6 Å². The van der Waals surface area contributed by atoms with Crippen LogP contribution in [0.5, 0.6) is 0 Å². The fourth-order valence-electron chi connectivity index (χ4n) is 1.99. The molecule has 0 radical (unpaired) electrons. The summed E-state index contributed by atoms with van der Waals surface area (Å²) in [5.41, 5.74) is 1.28. The second kappa shape index (κ2) is 4.96. The molecule has 1 aliphatic rings. The quantitative estimate of drug-likeness (QED) is 0.856. The van der Waals surface area contributed by atoms with E-state index in [1.54, 1.807) is 0 Å². The van der Waals surface area contributed by atoms with Crippen LogP contribution in [0.2, 0.25) is 0 Å². The maximum atomic E-state index is 5.09. The lowest BCUT2D eigenvalue weighted by Crippen LogP contribution is -2.21. The maximum absolute atomic E-state index is 5.09. The summed E-state index contributed by atoms with van der Waals surface area (Å²) in [6.45, 7) is 2.79. The summed E-state index contributed by atoms with van der Waals surface area (Å²) in [5.74, 6) is 5.66. The van der Waals surface area contributed by atoms with Crippen LogP contribution in [-0.4, -0.2) is 19.7 Å². The molecule has 1 aromatic carbocycles. The van der Waals surface area contributed by atoms with Gasteiger partial charge in [-0.05, 0) is 30.7 Å². The van der Waals surface area contributed by atoms with Gasteiger partial charge in [-0.1, -0.05) is 15.9 Å². The summed E-state index contributed by atoms with van der Waals surface area (Å²) in [6, 6.07) is 8.41. The van der Waals surface area contributed by atoms with Gasteiger partial charge in [-0.25, -0.2) is 5.90 Å². The summed E-state index contributed by atoms with van der Waals surface area (Å²) in [7, 11) is 0. The number of nitrogens with zero attached hydrogens (tertiary/aromatic N) is 1. The van der Waals surface area contributed by atoms with Crippen LogP contribution in [0.3, 0.4) is 0 Å². The van der Waals surface area contributed by atoms with Crippen LogP contribution in [0.25, 0.3) is 0 Å². The average Bonchev–Trinajstić information content (AvgIpc) is 2.68. The van der Waals surface area contributed by atoms with Gasteiger partial charge in [0.2, 0.25) is 0 Å². The molecule has 1 fully saturated rings. The Hall–Kier alpha value is -0.580. The smallest absolute Gasteiger partial charge is 0.0724 e. The summed E-state index contributed by atoms with van der Waals surface area (Å²) < 4.78 is 1.12. The van der Waals surface area contributed by atoms with E-state index in [4.69, 9.17) is 10.7 Å². The molecule has 0 aliphatic carbocycles. The van der Waals surface area contributed by atoms with Crippen molar-refractivity contribution >= 4 is 21.6 Å². The SMILES string of the molecule is NOCC1CCN(c2ccc(Br)cc2)C1. The van der Waals surface area contributed by atoms with Crippen molar-refractivity contribution in [1.29, 1.82) is 0 Å². The van der Waals surface area contributed by atoms with Gasteiger partial charge < -0.3 is 9.74 Å². The van der Waals surface area contributed by atoms with E-state index in [2.05, 4.69) is 45.1 Å². The minimum Gasteiger partial charge on any atom is -0.371 e. The van der Waals surface area contributed by atoms with Crippen molar-refractivity contribution in [3.63, 3.8) is 0 Å². The Morgan fingerprint density at radius 2 is 2.13 bits per heavy atom. The van der Waals surface area contributed by atoms with E-state index in [-0.39, 0.29) is 0 Å². The molecule has 2 rings (SSSR count). The molecule has 0 amide bonds. The van der Waals surface area contributed by atoms with Crippen molar-refractivity contribution in [3.05, 3.63) is 28.7 Å². The zero-order valence-corrected chi connectivity index (χ0v) is 10.1. The Morgan fingerprint density at radius 1 is 1.40 bits per heavy atom. The van der Waals surface area contributed by atoms with Crippen LogP contribution < -0.4 is 10.8 Å². The van der Waals surface area contributed by atoms with Gasteiger partial charge in [0.15, 0.2) is 0 Å². The minimum absolute atomic E-state index is 0.568. The molecule has 15 heavy (non-hydrogen) atoms. The van der Waals surface area contributed by atoms with Crippen molar-refractivity contribution in [2.24, 2.45) is 11.8 Å². The van der Waals surface area contributed by atoms with E-state index < -0.39 is 0 Å². The number of benzene rings is 1. The van der Waals surface area contributed by atoms with Crippen LogP contribution >= 0.6 is 15.9 Å². The van der Waals surface area contributed by atoms with Gasteiger partial charge in [-0.3, -0.25) is 0 Å². The van der Waals surface area contributed by atoms with Crippen LogP contribution in [0, 0.1) is 5.92 Å². The topological polar surface area (TPSA) is 38.5 Å². The largest absolute Gasteiger partial charge is 0.371 e. The molecule has 1 aliphatic heterocycles. The third-order valence-corrected chi connectivity index (χ3v) is 3.34. The van der Waals surface area contributed by atoms with Crippen LogP contribution in [0.15, 0.2) is 28.7 Å². The van der Waals surface area contributed by atoms with Gasteiger partial charge in [-0.2, -0.15) is 0 Å². The zero-order valence-electron chi connectivity index (χ0n) is 8.53. The highest BCUT2D eigenvalue weighted by molar-refractivity contribution is 9.10. The normalized spacial score (nSPS) is 20.9. The van der Waals surface area contributed by atoms with E-state index >= 15 is 0 Å². The first-order valence-electron chi connectivity index (χ1n) is 5.12. The lowest BCUT2D eigenvalue weighted by Gasteiger charge is -2.18. The second-order valence-corrected chi connectivity index (χ2v) is 4.83. The highest BCUT2D eigenvalue weighted by Crippen LogP contribution is 2.25. The Kier molecular flexibility index (Phi) is 3.61. The number of hydrogen-bond donors (Lipinski definition) is 1. The van der Waals surface area contributed by atoms with Crippen molar-refractivity contribution < 1.29 is 4.84 Å². The monoisotopic (exact) mass is 270 g/mol. The lowest BCUT2D eigenvalue weighted by atomic mass is 10.1. The number of rotatable bonds is 3. The number of halogens is 1. The van der Waals surface area contributed by atoms with Gasteiger partial charge in [0, 0.05) is 29.2 Å². The molecule has 2 N–H and O–H groups in total. The molecular weight excluding hydrogens is 256 g/mol. The molecule has 3 nitrogen and oxygen atoms in total. The molecule has 1 atom stereocenters. The summed E-state index contributed by atoms with van der Waals surface area (Å²) >= 11 is 3.44. The number of nitrogens with two attached hydrogens (primary N) is 1. The van der Waals surface area contributed by atoms with Crippen molar-refractivity contribution in [2.45, 2.75) is 6.42 Å². The first kappa shape index (κ1) is 10.9. The molecule has 1 heterocycles. The molecule has 1 aromatic rings. The molecule has 0 aromatic heterocycles. The third-order valence-electron chi connectivity index (χ3n) is 2.81. The van der Waals surface area contributed by atoms with Gasteiger partial charge in [0.05, 0.1) is 6.61 Å². The minimum atomic E-state index is 0.568. The van der Waals surface area contributed by atoms with Crippen molar-refractivity contribution in [1.82, 2.24) is 0 Å². The van der Waals surface area contributed by atoms with E-state index in [9.17, 15) is 0 Å². The average molecular weight is 271 g/mol. The van der Waals surface area contributed by atoms with Gasteiger partial charge in [-0.15, -0.1) is 0 Å². The zero-order chi connectivity index (χ0) is 10.7. The fraction of sp³-hybridized carbons (Fsp3) is 0.455. The maximum Gasteiger partial charge on any atom is 0.0724 e. The van der Waals surface area contributed by atoms with Crippen molar-refractivity contribution in [3.8, 4) is 0 Å². The number of hydrogen-bond acceptors (Lipinski definition) is 3. The lowest BCUT2D eigenvalue weighted by molar-refractivity contribution is 0.108. The first-order valence-corrected chi connectivity index (χ1v) is 5.91. The highest BCUT2D eigenvalue weighted by Gasteiger charge is 2.22. The Bertz CT molecular complexity index is 315.